The van der Waals surface area contributed by atoms with Crippen LogP contribution in [0.5, 0.6) is 11.5 Å². The predicted octanol–water partition coefficient (Wildman–Crippen LogP) is 6.84. The molecule has 0 unspecified atom stereocenters. The Labute approximate surface area is 214 Å². The van der Waals surface area contributed by atoms with Crippen molar-refractivity contribution in [2.24, 2.45) is 0 Å². The average molecular weight is 496 g/mol. The zero-order valence-electron chi connectivity index (χ0n) is 19.8. The SMILES string of the molecule is Cc1cccc(OCCN2C(=O)S/C(=C\c3ccc(OCc4cccc5ccccc45)cc3)C2=O)c1. The number of hydrogen-bond donors (Lipinski definition) is 0. The highest BCUT2D eigenvalue weighted by Crippen LogP contribution is 2.32. The van der Waals surface area contributed by atoms with Gasteiger partial charge in [-0.1, -0.05) is 66.7 Å². The summed E-state index contributed by atoms with van der Waals surface area (Å²) in [6, 6.07) is 29.6. The first kappa shape index (κ1) is 23.7. The molecule has 36 heavy (non-hydrogen) atoms. The van der Waals surface area contributed by atoms with E-state index in [0.717, 1.165) is 40.0 Å². The highest BCUT2D eigenvalue weighted by atomic mass is 32.2. The van der Waals surface area contributed by atoms with Crippen LogP contribution < -0.4 is 9.47 Å². The number of hydrogen-bond acceptors (Lipinski definition) is 5. The molecule has 0 spiro atoms. The lowest BCUT2D eigenvalue weighted by Gasteiger charge is -2.13. The van der Waals surface area contributed by atoms with E-state index < -0.39 is 0 Å². The lowest BCUT2D eigenvalue weighted by Crippen LogP contribution is -2.32. The summed E-state index contributed by atoms with van der Waals surface area (Å²) >= 11 is 0.950. The number of imide groups is 1. The summed E-state index contributed by atoms with van der Waals surface area (Å²) < 4.78 is 11.7. The fourth-order valence-corrected chi connectivity index (χ4v) is 4.91. The molecule has 2 amide bonds. The largest absolute Gasteiger partial charge is 0.492 e. The summed E-state index contributed by atoms with van der Waals surface area (Å²) in [7, 11) is 0. The molecular formula is C30H25NO4S. The van der Waals surface area contributed by atoms with Gasteiger partial charge >= 0.3 is 0 Å². The zero-order valence-corrected chi connectivity index (χ0v) is 20.7. The Hall–Kier alpha value is -4.03. The van der Waals surface area contributed by atoms with E-state index in [0.29, 0.717) is 11.5 Å². The van der Waals surface area contributed by atoms with Crippen LogP contribution in [0.2, 0.25) is 0 Å². The van der Waals surface area contributed by atoms with Crippen LogP contribution in [0, 0.1) is 6.92 Å². The van der Waals surface area contributed by atoms with Crippen LogP contribution in [-0.4, -0.2) is 29.2 Å². The van der Waals surface area contributed by atoms with Crippen LogP contribution in [-0.2, 0) is 11.4 Å². The molecule has 4 aromatic carbocycles. The molecule has 0 aromatic heterocycles. The molecule has 1 saturated heterocycles. The zero-order chi connectivity index (χ0) is 24.9. The quantitative estimate of drug-likeness (QED) is 0.251. The molecule has 1 heterocycles. The van der Waals surface area contributed by atoms with E-state index in [9.17, 15) is 9.59 Å². The van der Waals surface area contributed by atoms with Gasteiger partial charge in [-0.05, 0) is 76.5 Å². The van der Waals surface area contributed by atoms with Crippen molar-refractivity contribution >= 4 is 39.8 Å². The maximum Gasteiger partial charge on any atom is 0.293 e. The molecule has 0 atom stereocenters. The molecular weight excluding hydrogens is 470 g/mol. The number of nitrogens with zero attached hydrogens (tertiary/aromatic N) is 1. The molecule has 0 saturated carbocycles. The smallest absolute Gasteiger partial charge is 0.293 e. The highest BCUT2D eigenvalue weighted by molar-refractivity contribution is 8.18. The minimum atomic E-state index is -0.297. The van der Waals surface area contributed by atoms with Gasteiger partial charge in [0, 0.05) is 0 Å². The molecule has 0 radical (unpaired) electrons. The van der Waals surface area contributed by atoms with Gasteiger partial charge in [0.1, 0.15) is 24.7 Å². The first-order valence-corrected chi connectivity index (χ1v) is 12.5. The summed E-state index contributed by atoms with van der Waals surface area (Å²) in [6.07, 6.45) is 1.74. The second kappa shape index (κ2) is 10.7. The van der Waals surface area contributed by atoms with Crippen molar-refractivity contribution in [1.29, 1.82) is 0 Å². The summed E-state index contributed by atoms with van der Waals surface area (Å²) in [5, 5.41) is 2.08. The van der Waals surface area contributed by atoms with Crippen LogP contribution in [0.3, 0.4) is 0 Å². The summed E-state index contributed by atoms with van der Waals surface area (Å²) in [4.78, 5) is 26.8. The van der Waals surface area contributed by atoms with Gasteiger partial charge in [0.05, 0.1) is 11.4 Å². The fourth-order valence-electron chi connectivity index (χ4n) is 4.04. The number of ether oxygens (including phenoxy) is 2. The average Bonchev–Trinajstić information content (AvgIpc) is 3.15. The summed E-state index contributed by atoms with van der Waals surface area (Å²) in [5.41, 5.74) is 3.04. The second-order valence-electron chi connectivity index (χ2n) is 8.49. The van der Waals surface area contributed by atoms with Gasteiger partial charge in [-0.25, -0.2) is 0 Å². The standard InChI is InChI=1S/C30H25NO4S/c1-21-6-4-10-26(18-21)34-17-16-31-29(32)28(36-30(31)33)19-22-12-14-25(15-13-22)35-20-24-9-5-8-23-7-2-3-11-27(23)24/h2-15,18-19H,16-17,20H2,1H3/b28-19-. The molecule has 6 heteroatoms. The molecule has 1 aliphatic rings. The fraction of sp³-hybridized carbons (Fsp3) is 0.133. The van der Waals surface area contributed by atoms with Gasteiger partial charge in [0.25, 0.3) is 11.1 Å². The molecule has 0 aliphatic carbocycles. The van der Waals surface area contributed by atoms with Crippen LogP contribution in [0.4, 0.5) is 4.79 Å². The number of fused-ring (bicyclic) bond motifs is 1. The maximum atomic E-state index is 12.8. The Morgan fingerprint density at radius 2 is 1.61 bits per heavy atom. The molecule has 1 fully saturated rings. The normalized spacial score (nSPS) is 14.6. The number of carbonyl (C=O) groups is 2. The van der Waals surface area contributed by atoms with Crippen molar-refractivity contribution in [3.05, 3.63) is 113 Å². The van der Waals surface area contributed by atoms with Crippen molar-refractivity contribution in [2.75, 3.05) is 13.2 Å². The number of thioether (sulfide) groups is 1. The van der Waals surface area contributed by atoms with E-state index in [4.69, 9.17) is 9.47 Å². The monoisotopic (exact) mass is 495 g/mol. The number of rotatable bonds is 8. The van der Waals surface area contributed by atoms with Crippen molar-refractivity contribution in [1.82, 2.24) is 4.90 Å². The summed E-state index contributed by atoms with van der Waals surface area (Å²) in [6.45, 7) is 2.90. The molecule has 4 aromatic rings. The van der Waals surface area contributed by atoms with E-state index in [1.165, 1.54) is 15.7 Å². The number of carbonyl (C=O) groups excluding carboxylic acids is 2. The molecule has 5 nitrogen and oxygen atoms in total. The molecule has 5 rings (SSSR count). The van der Waals surface area contributed by atoms with Crippen molar-refractivity contribution in [3.63, 3.8) is 0 Å². The van der Waals surface area contributed by atoms with Crippen molar-refractivity contribution in [2.45, 2.75) is 13.5 Å². The van der Waals surface area contributed by atoms with E-state index in [2.05, 4.69) is 24.3 Å². The second-order valence-corrected chi connectivity index (χ2v) is 9.49. The molecule has 180 valence electrons. The Balaban J connectivity index is 1.18. The van der Waals surface area contributed by atoms with Gasteiger partial charge < -0.3 is 9.47 Å². The lowest BCUT2D eigenvalue weighted by molar-refractivity contribution is -0.123. The van der Waals surface area contributed by atoms with Crippen molar-refractivity contribution in [3.8, 4) is 11.5 Å². The van der Waals surface area contributed by atoms with E-state index in [-0.39, 0.29) is 24.3 Å². The highest BCUT2D eigenvalue weighted by Gasteiger charge is 2.34. The molecule has 0 N–H and O–H groups in total. The number of benzene rings is 4. The van der Waals surface area contributed by atoms with Crippen LogP contribution in [0.25, 0.3) is 16.8 Å². The van der Waals surface area contributed by atoms with Crippen LogP contribution >= 0.6 is 11.8 Å². The Bertz CT molecular complexity index is 1440. The minimum absolute atomic E-state index is 0.205. The Morgan fingerprint density at radius 3 is 2.44 bits per heavy atom. The third-order valence-electron chi connectivity index (χ3n) is 5.90. The Morgan fingerprint density at radius 1 is 0.833 bits per heavy atom. The van der Waals surface area contributed by atoms with Crippen LogP contribution in [0.1, 0.15) is 16.7 Å². The first-order valence-electron chi connectivity index (χ1n) is 11.7. The van der Waals surface area contributed by atoms with E-state index in [1.54, 1.807) is 6.08 Å². The van der Waals surface area contributed by atoms with Gasteiger partial charge in [0.15, 0.2) is 0 Å². The van der Waals surface area contributed by atoms with Crippen molar-refractivity contribution < 1.29 is 19.1 Å². The topological polar surface area (TPSA) is 55.8 Å². The molecule has 0 bridgehead atoms. The third kappa shape index (κ3) is 5.44. The minimum Gasteiger partial charge on any atom is -0.492 e. The number of aryl methyl sites for hydroxylation is 1. The van der Waals surface area contributed by atoms with Gasteiger partial charge in [-0.3, -0.25) is 14.5 Å². The first-order chi connectivity index (χ1) is 17.6. The summed E-state index contributed by atoms with van der Waals surface area (Å²) in [5.74, 6) is 1.16. The number of amides is 2. The van der Waals surface area contributed by atoms with Gasteiger partial charge in [-0.2, -0.15) is 0 Å². The lowest BCUT2D eigenvalue weighted by atomic mass is 10.1. The maximum absolute atomic E-state index is 12.8. The Kier molecular flexibility index (Phi) is 7.05. The van der Waals surface area contributed by atoms with E-state index >= 15 is 0 Å². The van der Waals surface area contributed by atoms with Crippen LogP contribution in [0.15, 0.2) is 95.9 Å². The van der Waals surface area contributed by atoms with Gasteiger partial charge in [0.2, 0.25) is 0 Å². The predicted molar refractivity (Wildman–Crippen MR) is 144 cm³/mol. The third-order valence-corrected chi connectivity index (χ3v) is 6.81. The molecule has 1 aliphatic heterocycles. The van der Waals surface area contributed by atoms with E-state index in [1.807, 2.05) is 73.7 Å². The van der Waals surface area contributed by atoms with Gasteiger partial charge in [-0.15, -0.1) is 0 Å².